The molecule has 0 unspecified atom stereocenters. The van der Waals surface area contributed by atoms with Gasteiger partial charge in [-0.3, -0.25) is 19.5 Å². The van der Waals surface area contributed by atoms with Crippen LogP contribution >= 0.6 is 11.6 Å². The Morgan fingerprint density at radius 2 is 1.75 bits per heavy atom. The maximum atomic E-state index is 13.1. The van der Waals surface area contributed by atoms with Crippen LogP contribution in [-0.4, -0.2) is 36.0 Å². The summed E-state index contributed by atoms with van der Waals surface area (Å²) in [5, 5.41) is 11.6. The number of methoxy groups -OCH3 is 2. The van der Waals surface area contributed by atoms with Crippen LogP contribution in [0.25, 0.3) is 5.76 Å². The molecule has 0 radical (unpaired) electrons. The molecule has 1 atom stereocenters. The molecule has 0 saturated carbocycles. The molecule has 0 spiro atoms. The first-order valence-corrected chi connectivity index (χ1v) is 10.0. The number of hydrogen-bond donors (Lipinski definition) is 1. The van der Waals surface area contributed by atoms with E-state index in [2.05, 4.69) is 4.98 Å². The van der Waals surface area contributed by atoms with Crippen LogP contribution in [0.3, 0.4) is 0 Å². The minimum absolute atomic E-state index is 0.0478. The molecule has 7 nitrogen and oxygen atoms in total. The van der Waals surface area contributed by atoms with Crippen molar-refractivity contribution in [1.29, 1.82) is 0 Å². The summed E-state index contributed by atoms with van der Waals surface area (Å²) >= 11 is 5.96. The Balaban J connectivity index is 1.96. The van der Waals surface area contributed by atoms with E-state index in [4.69, 9.17) is 21.1 Å². The first-order valence-electron chi connectivity index (χ1n) is 9.65. The van der Waals surface area contributed by atoms with Crippen LogP contribution in [-0.2, 0) is 9.59 Å². The average molecular weight is 451 g/mol. The lowest BCUT2D eigenvalue weighted by molar-refractivity contribution is -0.132. The van der Waals surface area contributed by atoms with Crippen LogP contribution < -0.4 is 14.4 Å². The molecule has 1 aliphatic heterocycles. The molecule has 0 aliphatic carbocycles. The number of ether oxygens (including phenoxy) is 2. The molecule has 1 saturated heterocycles. The van der Waals surface area contributed by atoms with Gasteiger partial charge in [0.15, 0.2) is 11.5 Å². The predicted molar refractivity (Wildman–Crippen MR) is 120 cm³/mol. The fourth-order valence-corrected chi connectivity index (χ4v) is 3.82. The van der Waals surface area contributed by atoms with Crippen LogP contribution in [0, 0.1) is 0 Å². The Morgan fingerprint density at radius 3 is 2.38 bits per heavy atom. The molecular formula is C24H19ClN2O5. The smallest absolute Gasteiger partial charge is 0.300 e. The Morgan fingerprint density at radius 1 is 1.03 bits per heavy atom. The van der Waals surface area contributed by atoms with Crippen LogP contribution in [0.4, 0.5) is 5.69 Å². The molecule has 162 valence electrons. The number of aliphatic hydroxyl groups excluding tert-OH is 1. The highest BCUT2D eigenvalue weighted by Gasteiger charge is 2.47. The molecular weight excluding hydrogens is 432 g/mol. The molecule has 2 heterocycles. The lowest BCUT2D eigenvalue weighted by Crippen LogP contribution is -2.29. The summed E-state index contributed by atoms with van der Waals surface area (Å²) in [6.07, 6.45) is 3.06. The maximum Gasteiger partial charge on any atom is 0.300 e. The molecule has 4 rings (SSSR count). The number of halogens is 1. The third-order valence-corrected chi connectivity index (χ3v) is 5.46. The molecule has 1 N–H and O–H groups in total. The summed E-state index contributed by atoms with van der Waals surface area (Å²) < 4.78 is 10.7. The number of pyridine rings is 1. The van der Waals surface area contributed by atoms with Crippen LogP contribution in [0.5, 0.6) is 11.5 Å². The third-order valence-electron chi connectivity index (χ3n) is 5.21. The first-order chi connectivity index (χ1) is 15.5. The quantitative estimate of drug-likeness (QED) is 0.352. The molecule has 32 heavy (non-hydrogen) atoms. The summed E-state index contributed by atoms with van der Waals surface area (Å²) in [5.74, 6) is -0.957. The fraction of sp³-hybridized carbons (Fsp3) is 0.125. The van der Waals surface area contributed by atoms with Gasteiger partial charge < -0.3 is 14.6 Å². The van der Waals surface area contributed by atoms with E-state index in [1.165, 1.54) is 25.3 Å². The number of hydrogen-bond acceptors (Lipinski definition) is 6. The summed E-state index contributed by atoms with van der Waals surface area (Å²) in [7, 11) is 3.01. The maximum absolute atomic E-state index is 13.1. The predicted octanol–water partition coefficient (Wildman–Crippen LogP) is 4.38. The summed E-state index contributed by atoms with van der Waals surface area (Å²) in [6.45, 7) is 0. The zero-order valence-electron chi connectivity index (χ0n) is 17.3. The highest BCUT2D eigenvalue weighted by atomic mass is 35.5. The number of benzene rings is 2. The Bertz CT molecular complexity index is 1210. The van der Waals surface area contributed by atoms with Gasteiger partial charge in [-0.05, 0) is 54.1 Å². The van der Waals surface area contributed by atoms with Gasteiger partial charge in [0.05, 0.1) is 37.7 Å². The molecule has 1 amide bonds. The number of carbonyl (C=O) groups is 2. The standard InChI is InChI=1S/C24H19ClN2O5/c1-31-18-10-7-15(12-19(18)32-2)21-20(22(28)14-5-8-16(25)9-6-14)23(29)24(30)27(21)17-4-3-11-26-13-17/h3-13,21,28H,1-2H3/t21-/m0/s1. The molecule has 3 aromatic rings. The van der Waals surface area contributed by atoms with Crippen LogP contribution in [0.2, 0.25) is 5.02 Å². The topological polar surface area (TPSA) is 89.0 Å². The SMILES string of the molecule is COc1ccc([C@H]2C(=C(O)c3ccc(Cl)cc3)C(=O)C(=O)N2c2cccnc2)cc1OC. The van der Waals surface area contributed by atoms with Crippen molar-refractivity contribution in [3.05, 3.63) is 88.7 Å². The monoisotopic (exact) mass is 450 g/mol. The molecule has 1 fully saturated rings. The van der Waals surface area contributed by atoms with Gasteiger partial charge in [0.2, 0.25) is 0 Å². The van der Waals surface area contributed by atoms with E-state index in [0.29, 0.717) is 33.3 Å². The third kappa shape index (κ3) is 3.67. The van der Waals surface area contributed by atoms with Gasteiger partial charge in [0, 0.05) is 16.8 Å². The number of anilines is 1. The van der Waals surface area contributed by atoms with Gasteiger partial charge >= 0.3 is 0 Å². The zero-order valence-corrected chi connectivity index (χ0v) is 18.0. The minimum Gasteiger partial charge on any atom is -0.507 e. The van der Waals surface area contributed by atoms with Gasteiger partial charge in [-0.15, -0.1) is 0 Å². The fourth-order valence-electron chi connectivity index (χ4n) is 3.70. The van der Waals surface area contributed by atoms with Gasteiger partial charge in [0.25, 0.3) is 11.7 Å². The van der Waals surface area contributed by atoms with Crippen molar-refractivity contribution in [1.82, 2.24) is 4.98 Å². The number of aliphatic hydroxyl groups is 1. The van der Waals surface area contributed by atoms with Crippen molar-refractivity contribution in [2.75, 3.05) is 19.1 Å². The zero-order chi connectivity index (χ0) is 22.8. The number of Topliss-reactive ketones (excluding diaryl/α,β-unsaturated/α-hetero) is 1. The van der Waals surface area contributed by atoms with E-state index >= 15 is 0 Å². The van der Waals surface area contributed by atoms with Crippen molar-refractivity contribution < 1.29 is 24.2 Å². The van der Waals surface area contributed by atoms with Crippen molar-refractivity contribution in [3.63, 3.8) is 0 Å². The van der Waals surface area contributed by atoms with Crippen molar-refractivity contribution in [2.45, 2.75) is 6.04 Å². The first kappa shape index (κ1) is 21.4. The number of aromatic nitrogens is 1. The van der Waals surface area contributed by atoms with Gasteiger partial charge in [-0.2, -0.15) is 0 Å². The number of amides is 1. The second kappa shape index (κ2) is 8.72. The average Bonchev–Trinajstić information content (AvgIpc) is 3.09. The molecule has 1 aromatic heterocycles. The molecule has 0 bridgehead atoms. The summed E-state index contributed by atoms with van der Waals surface area (Å²) in [6, 6.07) is 13.9. The highest BCUT2D eigenvalue weighted by molar-refractivity contribution is 6.51. The largest absolute Gasteiger partial charge is 0.507 e. The van der Waals surface area contributed by atoms with E-state index in [1.54, 1.807) is 60.8 Å². The summed E-state index contributed by atoms with van der Waals surface area (Å²) in [4.78, 5) is 31.6. The summed E-state index contributed by atoms with van der Waals surface area (Å²) in [5.41, 5.74) is 1.29. The Hall–Kier alpha value is -3.84. The van der Waals surface area contributed by atoms with Gasteiger partial charge in [-0.1, -0.05) is 17.7 Å². The van der Waals surface area contributed by atoms with Crippen LogP contribution in [0.15, 0.2) is 72.6 Å². The Labute approximate surface area is 189 Å². The normalized spacial score (nSPS) is 17.5. The lowest BCUT2D eigenvalue weighted by atomic mass is 9.95. The van der Waals surface area contributed by atoms with Crippen molar-refractivity contribution >= 4 is 34.7 Å². The van der Waals surface area contributed by atoms with Crippen molar-refractivity contribution in [2.24, 2.45) is 0 Å². The highest BCUT2D eigenvalue weighted by Crippen LogP contribution is 2.43. The van der Waals surface area contributed by atoms with E-state index in [-0.39, 0.29) is 11.3 Å². The second-order valence-electron chi connectivity index (χ2n) is 7.00. The lowest BCUT2D eigenvalue weighted by Gasteiger charge is -2.25. The molecule has 1 aliphatic rings. The number of rotatable bonds is 5. The minimum atomic E-state index is -0.908. The van der Waals surface area contributed by atoms with E-state index < -0.39 is 17.7 Å². The number of nitrogens with zero attached hydrogens (tertiary/aromatic N) is 2. The number of carbonyl (C=O) groups excluding carboxylic acids is 2. The van der Waals surface area contributed by atoms with Crippen LogP contribution in [0.1, 0.15) is 17.2 Å². The number of ketones is 1. The van der Waals surface area contributed by atoms with E-state index in [1.807, 2.05) is 0 Å². The second-order valence-corrected chi connectivity index (χ2v) is 7.44. The van der Waals surface area contributed by atoms with Gasteiger partial charge in [-0.25, -0.2) is 0 Å². The van der Waals surface area contributed by atoms with E-state index in [0.717, 1.165) is 0 Å². The van der Waals surface area contributed by atoms with Gasteiger partial charge in [0.1, 0.15) is 5.76 Å². The van der Waals surface area contributed by atoms with Crippen molar-refractivity contribution in [3.8, 4) is 11.5 Å². The van der Waals surface area contributed by atoms with E-state index in [9.17, 15) is 14.7 Å². The Kier molecular flexibility index (Phi) is 5.83. The molecule has 8 heteroatoms. The molecule has 2 aromatic carbocycles.